The van der Waals surface area contributed by atoms with Gasteiger partial charge in [0.15, 0.2) is 5.96 Å². The monoisotopic (exact) mass is 488 g/mol. The Bertz CT molecular complexity index is 725. The second-order valence-corrected chi connectivity index (χ2v) is 7.21. The summed E-state index contributed by atoms with van der Waals surface area (Å²) in [7, 11) is 1.65. The second kappa shape index (κ2) is 10.1. The molecule has 1 aliphatic rings. The SMILES string of the molecule is CN=C(NCC(=O)N1CCCC1)NCC(O)c1cc2ccccc2s1.I. The van der Waals surface area contributed by atoms with Gasteiger partial charge in [-0.15, -0.1) is 35.3 Å². The van der Waals surface area contributed by atoms with E-state index in [1.54, 1.807) is 18.4 Å². The number of rotatable bonds is 5. The zero-order chi connectivity index (χ0) is 17.6. The molecule has 0 aliphatic carbocycles. The van der Waals surface area contributed by atoms with Crippen LogP contribution in [-0.2, 0) is 4.79 Å². The Morgan fingerprint density at radius 3 is 2.73 bits per heavy atom. The Morgan fingerprint density at radius 1 is 1.31 bits per heavy atom. The minimum absolute atomic E-state index is 0. The van der Waals surface area contributed by atoms with E-state index in [1.165, 1.54) is 0 Å². The molecule has 3 rings (SSSR count). The number of benzene rings is 1. The van der Waals surface area contributed by atoms with E-state index in [1.807, 2.05) is 35.2 Å². The molecule has 1 aromatic heterocycles. The summed E-state index contributed by atoms with van der Waals surface area (Å²) in [4.78, 5) is 19.0. The van der Waals surface area contributed by atoms with Crippen molar-refractivity contribution < 1.29 is 9.90 Å². The minimum Gasteiger partial charge on any atom is -0.386 e. The van der Waals surface area contributed by atoms with Crippen LogP contribution >= 0.6 is 35.3 Å². The number of thiophene rings is 1. The van der Waals surface area contributed by atoms with Gasteiger partial charge in [-0.1, -0.05) is 18.2 Å². The van der Waals surface area contributed by atoms with E-state index in [4.69, 9.17) is 0 Å². The highest BCUT2D eigenvalue weighted by molar-refractivity contribution is 14.0. The van der Waals surface area contributed by atoms with E-state index >= 15 is 0 Å². The summed E-state index contributed by atoms with van der Waals surface area (Å²) in [5.41, 5.74) is 0. The van der Waals surface area contributed by atoms with Crippen molar-refractivity contribution in [2.24, 2.45) is 4.99 Å². The first-order valence-corrected chi connectivity index (χ1v) is 9.38. The molecule has 1 saturated heterocycles. The van der Waals surface area contributed by atoms with Crippen molar-refractivity contribution in [1.82, 2.24) is 15.5 Å². The van der Waals surface area contributed by atoms with Crippen molar-refractivity contribution in [2.75, 3.05) is 33.2 Å². The number of likely N-dealkylation sites (tertiary alicyclic amines) is 1. The molecule has 2 aromatic rings. The Labute approximate surface area is 174 Å². The van der Waals surface area contributed by atoms with E-state index in [0.29, 0.717) is 12.5 Å². The first kappa shape index (κ1) is 20.9. The molecule has 8 heteroatoms. The summed E-state index contributed by atoms with van der Waals surface area (Å²) in [6, 6.07) is 10.1. The van der Waals surface area contributed by atoms with Crippen LogP contribution in [0.15, 0.2) is 35.3 Å². The number of aliphatic hydroxyl groups is 1. The number of aliphatic imine (C=N–C) groups is 1. The summed E-state index contributed by atoms with van der Waals surface area (Å²) < 4.78 is 1.16. The highest BCUT2D eigenvalue weighted by Gasteiger charge is 2.18. The Hall–Kier alpha value is -1.39. The predicted molar refractivity (Wildman–Crippen MR) is 117 cm³/mol. The highest BCUT2D eigenvalue weighted by atomic mass is 127. The Kier molecular flexibility index (Phi) is 8.11. The Morgan fingerprint density at radius 2 is 2.04 bits per heavy atom. The van der Waals surface area contributed by atoms with Gasteiger partial charge in [0, 0.05) is 36.3 Å². The number of nitrogens with one attached hydrogen (secondary N) is 2. The lowest BCUT2D eigenvalue weighted by Crippen LogP contribution is -2.44. The van der Waals surface area contributed by atoms with Crippen LogP contribution in [0.1, 0.15) is 23.8 Å². The molecule has 3 N–H and O–H groups in total. The molecule has 1 unspecified atom stereocenters. The molecular formula is C18H25IN4O2S. The summed E-state index contributed by atoms with van der Waals surface area (Å²) in [6.45, 7) is 2.25. The normalized spacial score (nSPS) is 15.6. The van der Waals surface area contributed by atoms with Crippen LogP contribution in [0.2, 0.25) is 0 Å². The summed E-state index contributed by atoms with van der Waals surface area (Å²) in [5, 5.41) is 17.6. The number of carbonyl (C=O) groups excluding carboxylic acids is 1. The van der Waals surface area contributed by atoms with E-state index in [0.717, 1.165) is 40.9 Å². The third-order valence-electron chi connectivity index (χ3n) is 4.33. The third-order valence-corrected chi connectivity index (χ3v) is 5.54. The molecule has 26 heavy (non-hydrogen) atoms. The number of carbonyl (C=O) groups is 1. The molecule has 6 nitrogen and oxygen atoms in total. The van der Waals surface area contributed by atoms with Crippen LogP contribution in [0, 0.1) is 0 Å². The molecule has 0 radical (unpaired) electrons. The number of hydrogen-bond donors (Lipinski definition) is 3. The van der Waals surface area contributed by atoms with Gasteiger partial charge in [-0.2, -0.15) is 0 Å². The van der Waals surface area contributed by atoms with Crippen molar-refractivity contribution in [1.29, 1.82) is 0 Å². The fourth-order valence-electron chi connectivity index (χ4n) is 2.92. The predicted octanol–water partition coefficient (Wildman–Crippen LogP) is 2.34. The summed E-state index contributed by atoms with van der Waals surface area (Å²) in [6.07, 6.45) is 1.55. The fraction of sp³-hybridized carbons (Fsp3) is 0.444. The van der Waals surface area contributed by atoms with E-state index in [2.05, 4.69) is 15.6 Å². The van der Waals surface area contributed by atoms with Crippen LogP contribution in [0.25, 0.3) is 10.1 Å². The summed E-state index contributed by atoms with van der Waals surface area (Å²) in [5.74, 6) is 0.609. The van der Waals surface area contributed by atoms with Gasteiger partial charge in [0.2, 0.25) is 5.91 Å². The number of fused-ring (bicyclic) bond motifs is 1. The zero-order valence-corrected chi connectivity index (χ0v) is 17.9. The summed E-state index contributed by atoms with van der Waals surface area (Å²) >= 11 is 1.59. The molecule has 0 bridgehead atoms. The van der Waals surface area contributed by atoms with E-state index < -0.39 is 6.10 Å². The molecule has 1 fully saturated rings. The van der Waals surface area contributed by atoms with E-state index in [9.17, 15) is 9.90 Å². The molecule has 142 valence electrons. The molecule has 2 heterocycles. The van der Waals surface area contributed by atoms with Crippen molar-refractivity contribution in [3.63, 3.8) is 0 Å². The molecular weight excluding hydrogens is 463 g/mol. The van der Waals surface area contributed by atoms with Crippen molar-refractivity contribution >= 4 is 57.3 Å². The average molecular weight is 488 g/mol. The number of nitrogens with zero attached hydrogens (tertiary/aromatic N) is 2. The van der Waals surface area contributed by atoms with Crippen LogP contribution in [0.4, 0.5) is 0 Å². The van der Waals surface area contributed by atoms with Crippen molar-refractivity contribution in [3.8, 4) is 0 Å². The number of aliphatic hydroxyl groups excluding tert-OH is 1. The number of amides is 1. The molecule has 1 atom stereocenters. The largest absolute Gasteiger partial charge is 0.386 e. The third kappa shape index (κ3) is 5.31. The minimum atomic E-state index is -0.620. The molecule has 0 spiro atoms. The maximum atomic E-state index is 12.1. The topological polar surface area (TPSA) is 77.0 Å². The van der Waals surface area contributed by atoms with Crippen LogP contribution in [0.3, 0.4) is 0 Å². The van der Waals surface area contributed by atoms with Gasteiger partial charge in [0.1, 0.15) is 6.10 Å². The number of guanidine groups is 1. The maximum absolute atomic E-state index is 12.1. The number of hydrogen-bond acceptors (Lipinski definition) is 4. The van der Waals surface area contributed by atoms with Crippen LogP contribution in [0.5, 0.6) is 0 Å². The van der Waals surface area contributed by atoms with Crippen molar-refractivity contribution in [2.45, 2.75) is 18.9 Å². The fourth-order valence-corrected chi connectivity index (χ4v) is 3.97. The first-order chi connectivity index (χ1) is 12.2. The van der Waals surface area contributed by atoms with Gasteiger partial charge in [-0.3, -0.25) is 9.79 Å². The van der Waals surface area contributed by atoms with Gasteiger partial charge in [0.25, 0.3) is 0 Å². The highest BCUT2D eigenvalue weighted by Crippen LogP contribution is 2.29. The lowest BCUT2D eigenvalue weighted by molar-refractivity contribution is -0.128. The maximum Gasteiger partial charge on any atom is 0.241 e. The lowest BCUT2D eigenvalue weighted by Gasteiger charge is -2.18. The van der Waals surface area contributed by atoms with Gasteiger partial charge in [0.05, 0.1) is 6.54 Å². The molecule has 1 aliphatic heterocycles. The van der Waals surface area contributed by atoms with Gasteiger partial charge >= 0.3 is 0 Å². The van der Waals surface area contributed by atoms with E-state index in [-0.39, 0.29) is 36.4 Å². The lowest BCUT2D eigenvalue weighted by atomic mass is 10.2. The number of halogens is 1. The second-order valence-electron chi connectivity index (χ2n) is 6.10. The van der Waals surface area contributed by atoms with Gasteiger partial charge < -0.3 is 20.6 Å². The molecule has 1 amide bonds. The molecule has 0 saturated carbocycles. The standard InChI is InChI=1S/C18H24N4O2S.HI/c1-19-18(21-12-17(24)22-8-4-5-9-22)20-11-14(23)16-10-13-6-2-3-7-15(13)25-16;/h2-3,6-7,10,14,23H,4-5,8-9,11-12H2,1H3,(H2,19,20,21);1H. The average Bonchev–Trinajstić information content (AvgIpc) is 3.30. The Balaban J connectivity index is 0.00000243. The quantitative estimate of drug-likeness (QED) is 0.343. The van der Waals surface area contributed by atoms with Crippen LogP contribution in [-0.4, -0.2) is 55.1 Å². The van der Waals surface area contributed by atoms with Crippen molar-refractivity contribution in [3.05, 3.63) is 35.2 Å². The smallest absolute Gasteiger partial charge is 0.241 e. The molecule has 1 aromatic carbocycles. The van der Waals surface area contributed by atoms with Gasteiger partial charge in [-0.05, 0) is 30.4 Å². The van der Waals surface area contributed by atoms with Crippen LogP contribution < -0.4 is 10.6 Å². The first-order valence-electron chi connectivity index (χ1n) is 8.56. The zero-order valence-electron chi connectivity index (χ0n) is 14.8. The van der Waals surface area contributed by atoms with Gasteiger partial charge in [-0.25, -0.2) is 0 Å².